The Balaban J connectivity index is 2.08. The Morgan fingerprint density at radius 2 is 1.95 bits per heavy atom. The normalized spacial score (nSPS) is 15.8. The van der Waals surface area contributed by atoms with E-state index in [4.69, 9.17) is 10.2 Å². The number of hydrogen-bond donors (Lipinski definition) is 2. The first-order chi connectivity index (χ1) is 10.0. The lowest BCUT2D eigenvalue weighted by atomic mass is 10.1. The van der Waals surface area contributed by atoms with Gasteiger partial charge in [-0.3, -0.25) is 4.79 Å². The number of carbonyl (C=O) groups excluding carboxylic acids is 1. The number of rotatable bonds is 4. The highest BCUT2D eigenvalue weighted by molar-refractivity contribution is 7.97. The number of primary amides is 1. The van der Waals surface area contributed by atoms with Crippen molar-refractivity contribution >= 4 is 21.4 Å². The molecule has 7 heteroatoms. The van der Waals surface area contributed by atoms with Crippen LogP contribution < -0.4 is 11.1 Å². The number of furan rings is 1. The van der Waals surface area contributed by atoms with Crippen LogP contribution in [0.3, 0.4) is 0 Å². The number of benzene rings is 1. The molecule has 1 aliphatic heterocycles. The molecule has 2 aromatic rings. The molecule has 0 fully saturated rings. The summed E-state index contributed by atoms with van der Waals surface area (Å²) in [5.74, 6) is -0.360. The second-order valence-corrected chi connectivity index (χ2v) is 6.36. The highest BCUT2D eigenvalue weighted by Gasteiger charge is 2.38. The molecule has 3 N–H and O–H groups in total. The number of nitrogens with one attached hydrogen (secondary N) is 1. The van der Waals surface area contributed by atoms with Gasteiger partial charge < -0.3 is 15.5 Å². The lowest BCUT2D eigenvalue weighted by Crippen LogP contribution is -2.22. The Kier molecular flexibility index (Phi) is 3.06. The smallest absolute Gasteiger partial charge is 0.262 e. The minimum absolute atomic E-state index is 0.0840. The van der Waals surface area contributed by atoms with Crippen molar-refractivity contribution in [2.75, 3.05) is 0 Å². The van der Waals surface area contributed by atoms with Gasteiger partial charge in [-0.15, -0.1) is 0 Å². The van der Waals surface area contributed by atoms with Crippen LogP contribution in [0, 0.1) is 0 Å². The van der Waals surface area contributed by atoms with Gasteiger partial charge in [0.1, 0.15) is 5.76 Å². The predicted octanol–water partition coefficient (Wildman–Crippen LogP) is 1.01. The fourth-order valence-corrected chi connectivity index (χ4v) is 3.95. The summed E-state index contributed by atoms with van der Waals surface area (Å²) >= 11 is 0. The van der Waals surface area contributed by atoms with Crippen LogP contribution in [-0.4, -0.2) is 14.3 Å². The molecule has 0 saturated carbocycles. The Hall–Kier alpha value is -2.54. The molecule has 1 aromatic carbocycles. The summed E-state index contributed by atoms with van der Waals surface area (Å²) in [6.07, 6.45) is 1.51. The van der Waals surface area contributed by atoms with Gasteiger partial charge in [0.05, 0.1) is 23.4 Å². The van der Waals surface area contributed by atoms with Crippen LogP contribution in [0.4, 0.5) is 0 Å². The molecule has 3 rings (SSSR count). The summed E-state index contributed by atoms with van der Waals surface area (Å²) < 4.78 is 29.9. The number of sulfone groups is 1. The third-order valence-electron chi connectivity index (χ3n) is 3.18. The molecule has 1 aliphatic rings. The minimum atomic E-state index is -3.87. The zero-order chi connectivity index (χ0) is 15.0. The van der Waals surface area contributed by atoms with Crippen molar-refractivity contribution < 1.29 is 17.6 Å². The van der Waals surface area contributed by atoms with Gasteiger partial charge in [0.25, 0.3) is 5.91 Å². The fourth-order valence-electron chi connectivity index (χ4n) is 2.29. The monoisotopic (exact) mass is 304 g/mol. The van der Waals surface area contributed by atoms with Crippen LogP contribution in [0.15, 0.2) is 56.9 Å². The Bertz CT molecular complexity index is 836. The second-order valence-electron chi connectivity index (χ2n) is 4.50. The van der Waals surface area contributed by atoms with E-state index in [2.05, 4.69) is 5.32 Å². The molecule has 108 valence electrons. The SMILES string of the molecule is NC(=O)C1=C(NCc2ccco2)c2ccccc2S1(=O)=O. The maximum atomic E-state index is 12.4. The molecule has 0 spiro atoms. The van der Waals surface area contributed by atoms with Crippen LogP contribution in [-0.2, 0) is 21.2 Å². The summed E-state index contributed by atoms with van der Waals surface area (Å²) in [4.78, 5) is 11.3. The van der Waals surface area contributed by atoms with Crippen molar-refractivity contribution in [3.05, 3.63) is 58.9 Å². The van der Waals surface area contributed by atoms with Gasteiger partial charge in [-0.1, -0.05) is 18.2 Å². The van der Waals surface area contributed by atoms with E-state index in [9.17, 15) is 13.2 Å². The van der Waals surface area contributed by atoms with Gasteiger partial charge in [0.15, 0.2) is 4.91 Å². The minimum Gasteiger partial charge on any atom is -0.467 e. The van der Waals surface area contributed by atoms with E-state index in [1.807, 2.05) is 0 Å². The van der Waals surface area contributed by atoms with Gasteiger partial charge in [-0.05, 0) is 18.2 Å². The van der Waals surface area contributed by atoms with E-state index in [1.165, 1.54) is 12.3 Å². The summed E-state index contributed by atoms with van der Waals surface area (Å²) in [6.45, 7) is 0.253. The molecule has 2 heterocycles. The van der Waals surface area contributed by atoms with Gasteiger partial charge in [-0.25, -0.2) is 8.42 Å². The molecule has 1 aromatic heterocycles. The van der Waals surface area contributed by atoms with Crippen LogP contribution >= 0.6 is 0 Å². The third kappa shape index (κ3) is 2.11. The number of carbonyl (C=O) groups is 1. The lowest BCUT2D eigenvalue weighted by Gasteiger charge is -2.07. The highest BCUT2D eigenvalue weighted by atomic mass is 32.2. The Morgan fingerprint density at radius 3 is 2.62 bits per heavy atom. The topological polar surface area (TPSA) is 102 Å². The largest absolute Gasteiger partial charge is 0.467 e. The molecular weight excluding hydrogens is 292 g/mol. The van der Waals surface area contributed by atoms with Crippen molar-refractivity contribution in [1.82, 2.24) is 5.32 Å². The van der Waals surface area contributed by atoms with E-state index in [0.717, 1.165) is 0 Å². The van der Waals surface area contributed by atoms with Crippen LogP contribution in [0.1, 0.15) is 11.3 Å². The summed E-state index contributed by atoms with van der Waals surface area (Å²) in [5, 5.41) is 2.93. The quantitative estimate of drug-likeness (QED) is 0.877. The Labute approximate surface area is 121 Å². The van der Waals surface area contributed by atoms with Crippen LogP contribution in [0.2, 0.25) is 0 Å². The average molecular weight is 304 g/mol. The summed E-state index contributed by atoms with van der Waals surface area (Å²) in [7, 11) is -3.87. The molecule has 0 bridgehead atoms. The maximum Gasteiger partial charge on any atom is 0.262 e. The average Bonchev–Trinajstić information content (AvgIpc) is 3.02. The third-order valence-corrected chi connectivity index (χ3v) is 5.06. The zero-order valence-corrected chi connectivity index (χ0v) is 11.7. The number of amides is 1. The standard InChI is InChI=1S/C14H12N2O4S/c15-14(17)13-12(16-8-9-4-3-7-20-9)10-5-1-2-6-11(10)21(13,18)19/h1-7,16H,8H2,(H2,15,17). The van der Waals surface area contributed by atoms with Gasteiger partial charge in [-0.2, -0.15) is 0 Å². The van der Waals surface area contributed by atoms with Gasteiger partial charge in [0, 0.05) is 5.56 Å². The first kappa shape index (κ1) is 13.4. The van der Waals surface area contributed by atoms with Crippen molar-refractivity contribution in [3.8, 4) is 0 Å². The van der Waals surface area contributed by atoms with E-state index < -0.39 is 20.6 Å². The van der Waals surface area contributed by atoms with E-state index in [0.29, 0.717) is 11.3 Å². The first-order valence-corrected chi connectivity index (χ1v) is 7.65. The predicted molar refractivity (Wildman–Crippen MR) is 75.3 cm³/mol. The molecule has 0 atom stereocenters. The van der Waals surface area contributed by atoms with Gasteiger partial charge in [0.2, 0.25) is 9.84 Å². The summed E-state index contributed by atoms with van der Waals surface area (Å²) in [6, 6.07) is 9.85. The molecular formula is C14H12N2O4S. The molecule has 0 unspecified atom stereocenters. The maximum absolute atomic E-state index is 12.4. The zero-order valence-electron chi connectivity index (χ0n) is 10.9. The van der Waals surface area contributed by atoms with E-state index in [-0.39, 0.29) is 17.1 Å². The highest BCUT2D eigenvalue weighted by Crippen LogP contribution is 2.37. The first-order valence-electron chi connectivity index (χ1n) is 6.16. The Morgan fingerprint density at radius 1 is 1.19 bits per heavy atom. The molecule has 21 heavy (non-hydrogen) atoms. The number of hydrogen-bond acceptors (Lipinski definition) is 5. The fraction of sp³-hybridized carbons (Fsp3) is 0.0714. The van der Waals surface area contributed by atoms with E-state index in [1.54, 1.807) is 30.3 Å². The van der Waals surface area contributed by atoms with Crippen molar-refractivity contribution in [2.24, 2.45) is 5.73 Å². The van der Waals surface area contributed by atoms with Gasteiger partial charge >= 0.3 is 0 Å². The molecule has 1 amide bonds. The summed E-state index contributed by atoms with van der Waals surface area (Å²) in [5.41, 5.74) is 5.91. The molecule has 0 aliphatic carbocycles. The number of fused-ring (bicyclic) bond motifs is 1. The molecule has 0 radical (unpaired) electrons. The number of nitrogens with two attached hydrogens (primary N) is 1. The van der Waals surface area contributed by atoms with Crippen LogP contribution in [0.5, 0.6) is 0 Å². The van der Waals surface area contributed by atoms with Crippen molar-refractivity contribution in [3.63, 3.8) is 0 Å². The lowest BCUT2D eigenvalue weighted by molar-refractivity contribution is -0.113. The van der Waals surface area contributed by atoms with Crippen LogP contribution in [0.25, 0.3) is 5.70 Å². The molecule has 6 nitrogen and oxygen atoms in total. The molecule has 0 saturated heterocycles. The second kappa shape index (κ2) is 4.78. The van der Waals surface area contributed by atoms with Crippen molar-refractivity contribution in [2.45, 2.75) is 11.4 Å². The van der Waals surface area contributed by atoms with E-state index >= 15 is 0 Å². The van der Waals surface area contributed by atoms with Crippen molar-refractivity contribution in [1.29, 1.82) is 0 Å².